The van der Waals surface area contributed by atoms with Gasteiger partial charge in [-0.25, -0.2) is 4.79 Å². The first kappa shape index (κ1) is 24.5. The molecule has 6 atom stereocenters. The third-order valence-electron chi connectivity index (χ3n) is 7.24. The van der Waals surface area contributed by atoms with Crippen LogP contribution in [-0.4, -0.2) is 46.8 Å². The van der Waals surface area contributed by atoms with E-state index in [1.807, 2.05) is 0 Å². The predicted molar refractivity (Wildman–Crippen MR) is 132 cm³/mol. The van der Waals surface area contributed by atoms with Gasteiger partial charge in [-0.3, -0.25) is 24.1 Å². The lowest BCUT2D eigenvalue weighted by Gasteiger charge is -2.28. The number of nitrogens with zero attached hydrogens (tertiary/aromatic N) is 1. The van der Waals surface area contributed by atoms with Crippen LogP contribution < -0.4 is 10.2 Å². The van der Waals surface area contributed by atoms with E-state index in [9.17, 15) is 24.0 Å². The van der Waals surface area contributed by atoms with Crippen molar-refractivity contribution in [2.24, 2.45) is 23.7 Å². The molecule has 0 spiro atoms. The molecule has 10 heteroatoms. The summed E-state index contributed by atoms with van der Waals surface area (Å²) in [6, 6.07) is 12.3. The van der Waals surface area contributed by atoms with Crippen LogP contribution in [0.3, 0.4) is 0 Å². The maximum absolute atomic E-state index is 13.1. The third kappa shape index (κ3) is 4.08. The number of benzene rings is 2. The molecule has 3 amide bonds. The number of anilines is 2. The van der Waals surface area contributed by atoms with E-state index in [0.29, 0.717) is 23.4 Å². The summed E-state index contributed by atoms with van der Waals surface area (Å²) in [5, 5.41) is 1.91. The van der Waals surface area contributed by atoms with Gasteiger partial charge in [0.1, 0.15) is 0 Å². The fourth-order valence-electron chi connectivity index (χ4n) is 5.58. The molecule has 1 N–H and O–H groups in total. The van der Waals surface area contributed by atoms with Crippen molar-refractivity contribution in [2.45, 2.75) is 24.1 Å². The lowest BCUT2D eigenvalue weighted by atomic mass is 9.80. The molecule has 3 fully saturated rings. The summed E-state index contributed by atoms with van der Waals surface area (Å²) in [6.45, 7) is 0.891. The number of alkyl halides is 2. The van der Waals surface area contributed by atoms with E-state index in [2.05, 4.69) is 5.32 Å². The number of halogens is 2. The van der Waals surface area contributed by atoms with E-state index in [0.717, 1.165) is 4.90 Å². The molecule has 1 saturated heterocycles. The van der Waals surface area contributed by atoms with Gasteiger partial charge in [-0.1, -0.05) is 12.1 Å². The van der Waals surface area contributed by atoms with Gasteiger partial charge < -0.3 is 10.1 Å². The van der Waals surface area contributed by atoms with E-state index in [4.69, 9.17) is 27.9 Å². The number of imide groups is 1. The number of ketones is 1. The zero-order valence-electron chi connectivity index (χ0n) is 19.1. The topological polar surface area (TPSA) is 110 Å². The second-order valence-corrected chi connectivity index (χ2v) is 10.3. The Morgan fingerprint density at radius 2 is 1.56 bits per heavy atom. The van der Waals surface area contributed by atoms with Gasteiger partial charge in [0.15, 0.2) is 12.4 Å². The van der Waals surface area contributed by atoms with Crippen LogP contribution in [0.15, 0.2) is 48.5 Å². The summed E-state index contributed by atoms with van der Waals surface area (Å²) in [5.41, 5.74) is 1.37. The Kier molecular flexibility index (Phi) is 6.34. The number of Topliss-reactive ketones (excluding diaryl/α,β-unsaturated/α-hetero) is 1. The number of ether oxygens (including phenoxy) is 1. The molecule has 1 heterocycles. The Hall–Kier alpha value is -3.23. The minimum Gasteiger partial charge on any atom is -0.452 e. The summed E-state index contributed by atoms with van der Waals surface area (Å²) in [6.07, 6.45) is 0.684. The molecule has 0 aromatic heterocycles. The summed E-state index contributed by atoms with van der Waals surface area (Å²) >= 11 is 12.8. The van der Waals surface area contributed by atoms with E-state index >= 15 is 0 Å². The Morgan fingerprint density at radius 1 is 0.944 bits per heavy atom. The molecule has 2 aliphatic carbocycles. The van der Waals surface area contributed by atoms with E-state index < -0.39 is 30.3 Å². The highest BCUT2D eigenvalue weighted by Gasteiger charge is 2.66. The lowest BCUT2D eigenvalue weighted by molar-refractivity contribution is -0.123. The molecule has 2 aromatic carbocycles. The molecule has 5 rings (SSSR count). The number of carbonyl (C=O) groups is 5. The van der Waals surface area contributed by atoms with Crippen molar-refractivity contribution in [1.82, 2.24) is 0 Å². The second-order valence-electron chi connectivity index (χ2n) is 9.32. The van der Waals surface area contributed by atoms with E-state index in [1.54, 1.807) is 18.2 Å². The minimum atomic E-state index is -0.738. The second kappa shape index (κ2) is 9.33. The molecule has 2 saturated carbocycles. The highest BCUT2D eigenvalue weighted by Crippen LogP contribution is 2.59. The summed E-state index contributed by atoms with van der Waals surface area (Å²) in [5.74, 6) is -3.16. The van der Waals surface area contributed by atoms with Crippen molar-refractivity contribution >= 4 is 64.1 Å². The monoisotopic (exact) mass is 528 g/mol. The number of esters is 1. The van der Waals surface area contributed by atoms with Crippen LogP contribution in [0.1, 0.15) is 34.1 Å². The molecule has 2 aromatic rings. The average Bonchev–Trinajstić information content (AvgIpc) is 3.47. The van der Waals surface area contributed by atoms with Crippen molar-refractivity contribution in [3.8, 4) is 0 Å². The average molecular weight is 529 g/mol. The zero-order valence-corrected chi connectivity index (χ0v) is 20.7. The van der Waals surface area contributed by atoms with Crippen molar-refractivity contribution in [3.05, 3.63) is 59.7 Å². The van der Waals surface area contributed by atoms with Crippen LogP contribution >= 0.6 is 23.2 Å². The molecule has 0 radical (unpaired) electrons. The fourth-order valence-corrected chi connectivity index (χ4v) is 6.47. The van der Waals surface area contributed by atoms with E-state index in [1.165, 1.54) is 37.3 Å². The standard InChI is InChI=1S/C26H22Cl2N2O6/c1-12(31)14-3-2-4-15(9-14)29-19(32)11-36-26(35)13-5-7-16(8-6-13)30-24(33)20-17-10-18(21(20)25(30)34)23(28)22(17)27/h2-9,17-18,20-23H,10-11H2,1H3,(H,29,32)/t17-,18-,20-,21-,22+,23+/m1/s1. The number of carbonyl (C=O) groups excluding carboxylic acids is 5. The number of hydrogen-bond acceptors (Lipinski definition) is 6. The first-order valence-electron chi connectivity index (χ1n) is 11.5. The van der Waals surface area contributed by atoms with Crippen LogP contribution in [0.4, 0.5) is 11.4 Å². The largest absolute Gasteiger partial charge is 0.452 e. The van der Waals surface area contributed by atoms with Gasteiger partial charge in [0.05, 0.1) is 33.8 Å². The molecule has 8 nitrogen and oxygen atoms in total. The maximum Gasteiger partial charge on any atom is 0.338 e. The van der Waals surface area contributed by atoms with Gasteiger partial charge in [-0.2, -0.15) is 0 Å². The molecule has 0 unspecified atom stereocenters. The van der Waals surface area contributed by atoms with Crippen LogP contribution in [0.2, 0.25) is 0 Å². The van der Waals surface area contributed by atoms with Crippen molar-refractivity contribution < 1.29 is 28.7 Å². The Labute approximate surface area is 216 Å². The van der Waals surface area contributed by atoms with Crippen LogP contribution in [0.5, 0.6) is 0 Å². The fraction of sp³-hybridized carbons (Fsp3) is 0.346. The number of amides is 3. The molecule has 36 heavy (non-hydrogen) atoms. The van der Waals surface area contributed by atoms with Crippen molar-refractivity contribution in [1.29, 1.82) is 0 Å². The van der Waals surface area contributed by atoms with Crippen molar-refractivity contribution in [2.75, 3.05) is 16.8 Å². The van der Waals surface area contributed by atoms with Gasteiger partial charge >= 0.3 is 5.97 Å². The Morgan fingerprint density at radius 3 is 2.14 bits per heavy atom. The summed E-state index contributed by atoms with van der Waals surface area (Å²) in [7, 11) is 0. The third-order valence-corrected chi connectivity index (χ3v) is 8.55. The first-order valence-corrected chi connectivity index (χ1v) is 12.4. The Bertz CT molecular complexity index is 1250. The number of nitrogens with one attached hydrogen (secondary N) is 1. The lowest BCUT2D eigenvalue weighted by Crippen LogP contribution is -2.37. The van der Waals surface area contributed by atoms with Crippen molar-refractivity contribution in [3.63, 3.8) is 0 Å². The highest BCUT2D eigenvalue weighted by atomic mass is 35.5. The van der Waals surface area contributed by atoms with E-state index in [-0.39, 0.29) is 45.8 Å². The minimum absolute atomic E-state index is 0.115. The van der Waals surface area contributed by atoms with Gasteiger partial charge in [0, 0.05) is 11.3 Å². The molecule has 186 valence electrons. The highest BCUT2D eigenvalue weighted by molar-refractivity contribution is 6.32. The first-order chi connectivity index (χ1) is 17.2. The predicted octanol–water partition coefficient (Wildman–Crippen LogP) is 3.65. The quantitative estimate of drug-likeness (QED) is 0.265. The maximum atomic E-state index is 13.1. The molecule has 2 bridgehead atoms. The van der Waals surface area contributed by atoms with Crippen LogP contribution in [-0.2, 0) is 19.1 Å². The van der Waals surface area contributed by atoms with Gasteiger partial charge in [-0.15, -0.1) is 23.2 Å². The summed E-state index contributed by atoms with van der Waals surface area (Å²) in [4.78, 5) is 63.4. The van der Waals surface area contributed by atoms with Crippen LogP contribution in [0.25, 0.3) is 0 Å². The van der Waals surface area contributed by atoms with Gasteiger partial charge in [0.25, 0.3) is 5.91 Å². The number of rotatable bonds is 6. The van der Waals surface area contributed by atoms with Gasteiger partial charge in [0.2, 0.25) is 11.8 Å². The number of hydrogen-bond donors (Lipinski definition) is 1. The SMILES string of the molecule is CC(=O)c1cccc(NC(=O)COC(=O)c2ccc(N3C(=O)[C@@H]4[C@H]5C[C@@H]([C@H](Cl)[C@H]5Cl)[C@H]4C3=O)cc2)c1. The zero-order chi connectivity index (χ0) is 25.7. The molecular formula is C26H22Cl2N2O6. The molecular weight excluding hydrogens is 507 g/mol. The molecule has 1 aliphatic heterocycles. The smallest absolute Gasteiger partial charge is 0.338 e. The molecule has 3 aliphatic rings. The normalized spacial score (nSPS) is 28.2. The Balaban J connectivity index is 1.20. The summed E-state index contributed by atoms with van der Waals surface area (Å²) < 4.78 is 5.07. The van der Waals surface area contributed by atoms with Crippen LogP contribution in [0, 0.1) is 23.7 Å². The number of fused-ring (bicyclic) bond motifs is 5. The van der Waals surface area contributed by atoms with Gasteiger partial charge in [-0.05, 0) is 61.6 Å².